The molecule has 0 saturated carbocycles. The van der Waals surface area contributed by atoms with Crippen LogP contribution in [-0.2, 0) is 6.42 Å². The molecule has 0 unspecified atom stereocenters. The van der Waals surface area contributed by atoms with Crippen LogP contribution in [0, 0.1) is 0 Å². The average Bonchev–Trinajstić information content (AvgIpc) is 2.50. The molecule has 4 heteroatoms. The second-order valence-corrected chi connectivity index (χ2v) is 5.27. The van der Waals surface area contributed by atoms with Gasteiger partial charge in [0.05, 0.1) is 0 Å². The number of hydrogen-bond acceptors (Lipinski definition) is 2. The van der Waals surface area contributed by atoms with Crippen LogP contribution in [-0.4, -0.2) is 16.7 Å². The number of hydrogen-bond donors (Lipinski definition) is 2. The van der Waals surface area contributed by atoms with Gasteiger partial charge in [-0.25, -0.2) is 0 Å². The molecule has 1 aromatic heterocycles. The van der Waals surface area contributed by atoms with Crippen LogP contribution in [0.2, 0.25) is 5.02 Å². The molecule has 0 saturated heterocycles. The Labute approximate surface area is 126 Å². The van der Waals surface area contributed by atoms with E-state index in [2.05, 4.69) is 4.98 Å². The van der Waals surface area contributed by atoms with Gasteiger partial charge in [-0.1, -0.05) is 41.9 Å². The molecule has 106 valence electrons. The standard InChI is InChI=1S/C17H14ClNO2/c18-12-6-7-15-14(10-12)16(11-4-2-1-3-5-11)13(8-9-20)17(21)19-15/h1-7,10,20H,8-9H2,(H,19,21). The third kappa shape index (κ3) is 2.58. The maximum absolute atomic E-state index is 12.3. The second kappa shape index (κ2) is 5.72. The zero-order valence-corrected chi connectivity index (χ0v) is 12.0. The van der Waals surface area contributed by atoms with E-state index in [4.69, 9.17) is 11.6 Å². The zero-order valence-electron chi connectivity index (χ0n) is 11.3. The highest BCUT2D eigenvalue weighted by Gasteiger charge is 2.14. The number of aromatic nitrogens is 1. The van der Waals surface area contributed by atoms with E-state index in [1.165, 1.54) is 0 Å². The number of nitrogens with one attached hydrogen (secondary N) is 1. The molecule has 0 aliphatic heterocycles. The maximum atomic E-state index is 12.3. The van der Waals surface area contributed by atoms with Crippen LogP contribution < -0.4 is 5.56 Å². The van der Waals surface area contributed by atoms with Crippen molar-refractivity contribution in [3.8, 4) is 11.1 Å². The third-order valence-electron chi connectivity index (χ3n) is 3.50. The molecule has 3 nitrogen and oxygen atoms in total. The molecule has 0 atom stereocenters. The molecule has 0 fully saturated rings. The molecular weight excluding hydrogens is 286 g/mol. The summed E-state index contributed by atoms with van der Waals surface area (Å²) in [6.45, 7) is -0.0744. The Hall–Kier alpha value is -2.10. The lowest BCUT2D eigenvalue weighted by Crippen LogP contribution is -2.16. The quantitative estimate of drug-likeness (QED) is 0.779. The van der Waals surface area contributed by atoms with Gasteiger partial charge in [-0.3, -0.25) is 4.79 Å². The Balaban J connectivity index is 2.44. The highest BCUT2D eigenvalue weighted by Crippen LogP contribution is 2.31. The SMILES string of the molecule is O=c1[nH]c2ccc(Cl)cc2c(-c2ccccc2)c1CCO. The van der Waals surface area contributed by atoms with Crippen LogP contribution >= 0.6 is 11.6 Å². The van der Waals surface area contributed by atoms with Gasteiger partial charge in [0.2, 0.25) is 0 Å². The molecule has 1 heterocycles. The number of H-pyrrole nitrogens is 1. The summed E-state index contributed by atoms with van der Waals surface area (Å²) in [4.78, 5) is 15.2. The fourth-order valence-corrected chi connectivity index (χ4v) is 2.76. The van der Waals surface area contributed by atoms with E-state index in [0.717, 1.165) is 22.0 Å². The number of benzene rings is 2. The molecule has 2 N–H and O–H groups in total. The third-order valence-corrected chi connectivity index (χ3v) is 3.73. The molecular formula is C17H14ClNO2. The predicted molar refractivity (Wildman–Crippen MR) is 85.8 cm³/mol. The fraction of sp³-hybridized carbons (Fsp3) is 0.118. The van der Waals surface area contributed by atoms with E-state index in [0.29, 0.717) is 17.0 Å². The number of rotatable bonds is 3. The number of fused-ring (bicyclic) bond motifs is 1. The first kappa shape index (κ1) is 13.9. The molecule has 0 aliphatic rings. The molecule has 3 aromatic rings. The molecule has 0 bridgehead atoms. The Bertz CT molecular complexity index is 841. The second-order valence-electron chi connectivity index (χ2n) is 4.84. The smallest absolute Gasteiger partial charge is 0.252 e. The number of aromatic amines is 1. The van der Waals surface area contributed by atoms with Gasteiger partial charge in [0.15, 0.2) is 0 Å². The summed E-state index contributed by atoms with van der Waals surface area (Å²) in [7, 11) is 0. The van der Waals surface area contributed by atoms with Crippen molar-refractivity contribution in [3.05, 3.63) is 69.5 Å². The van der Waals surface area contributed by atoms with Crippen molar-refractivity contribution in [2.24, 2.45) is 0 Å². The van der Waals surface area contributed by atoms with Crippen LogP contribution in [0.3, 0.4) is 0 Å². The van der Waals surface area contributed by atoms with Crippen LogP contribution in [0.4, 0.5) is 0 Å². The van der Waals surface area contributed by atoms with Gasteiger partial charge >= 0.3 is 0 Å². The summed E-state index contributed by atoms with van der Waals surface area (Å²) < 4.78 is 0. The molecule has 0 spiro atoms. The Morgan fingerprint density at radius 3 is 2.57 bits per heavy atom. The molecule has 21 heavy (non-hydrogen) atoms. The Kier molecular flexibility index (Phi) is 3.78. The summed E-state index contributed by atoms with van der Waals surface area (Å²) in [6, 6.07) is 15.1. The van der Waals surface area contributed by atoms with E-state index in [1.54, 1.807) is 12.1 Å². The number of aliphatic hydroxyl groups is 1. The van der Waals surface area contributed by atoms with Crippen molar-refractivity contribution in [3.63, 3.8) is 0 Å². The van der Waals surface area contributed by atoms with Gasteiger partial charge < -0.3 is 10.1 Å². The van der Waals surface area contributed by atoms with Crippen LogP contribution in [0.1, 0.15) is 5.56 Å². The summed E-state index contributed by atoms with van der Waals surface area (Å²) in [6.07, 6.45) is 0.308. The van der Waals surface area contributed by atoms with Gasteiger partial charge in [0.25, 0.3) is 5.56 Å². The molecule has 0 radical (unpaired) electrons. The van der Waals surface area contributed by atoms with Crippen molar-refractivity contribution in [1.29, 1.82) is 0 Å². The predicted octanol–water partition coefficient (Wildman–Crippen LogP) is 3.38. The first-order chi connectivity index (χ1) is 10.2. The molecule has 0 aliphatic carbocycles. The largest absolute Gasteiger partial charge is 0.396 e. The van der Waals surface area contributed by atoms with Gasteiger partial charge in [-0.2, -0.15) is 0 Å². The Morgan fingerprint density at radius 1 is 1.10 bits per heavy atom. The van der Waals surface area contributed by atoms with E-state index in [9.17, 15) is 9.90 Å². The summed E-state index contributed by atoms with van der Waals surface area (Å²) in [5.41, 5.74) is 2.94. The Morgan fingerprint density at radius 2 is 1.86 bits per heavy atom. The van der Waals surface area contributed by atoms with E-state index >= 15 is 0 Å². The highest BCUT2D eigenvalue weighted by atomic mass is 35.5. The van der Waals surface area contributed by atoms with Crippen molar-refractivity contribution in [1.82, 2.24) is 4.98 Å². The minimum Gasteiger partial charge on any atom is -0.396 e. The number of aliphatic hydroxyl groups excluding tert-OH is 1. The van der Waals surface area contributed by atoms with E-state index < -0.39 is 0 Å². The number of halogens is 1. The van der Waals surface area contributed by atoms with Crippen molar-refractivity contribution in [2.45, 2.75) is 6.42 Å². The lowest BCUT2D eigenvalue weighted by Gasteiger charge is -2.12. The first-order valence-electron chi connectivity index (χ1n) is 6.71. The van der Waals surface area contributed by atoms with E-state index in [1.807, 2.05) is 36.4 Å². The minimum atomic E-state index is -0.169. The molecule has 2 aromatic carbocycles. The molecule has 3 rings (SSSR count). The summed E-state index contributed by atoms with van der Waals surface area (Å²) in [5.74, 6) is 0. The van der Waals surface area contributed by atoms with E-state index in [-0.39, 0.29) is 12.2 Å². The highest BCUT2D eigenvalue weighted by molar-refractivity contribution is 6.31. The van der Waals surface area contributed by atoms with Crippen molar-refractivity contribution in [2.75, 3.05) is 6.61 Å². The van der Waals surface area contributed by atoms with Gasteiger partial charge in [-0.15, -0.1) is 0 Å². The average molecular weight is 300 g/mol. The first-order valence-corrected chi connectivity index (χ1v) is 7.09. The lowest BCUT2D eigenvalue weighted by molar-refractivity contribution is 0.299. The van der Waals surface area contributed by atoms with Crippen molar-refractivity contribution >= 4 is 22.5 Å². The summed E-state index contributed by atoms with van der Waals surface area (Å²) >= 11 is 6.11. The number of pyridine rings is 1. The normalized spacial score (nSPS) is 11.0. The van der Waals surface area contributed by atoms with Crippen LogP contribution in [0.15, 0.2) is 53.3 Å². The lowest BCUT2D eigenvalue weighted by atomic mass is 9.95. The monoisotopic (exact) mass is 299 g/mol. The van der Waals surface area contributed by atoms with Gasteiger partial charge in [-0.05, 0) is 29.3 Å². The van der Waals surface area contributed by atoms with Gasteiger partial charge in [0, 0.05) is 34.5 Å². The van der Waals surface area contributed by atoms with Gasteiger partial charge in [0.1, 0.15) is 0 Å². The maximum Gasteiger partial charge on any atom is 0.252 e. The zero-order chi connectivity index (χ0) is 14.8. The molecule has 0 amide bonds. The van der Waals surface area contributed by atoms with Crippen LogP contribution in [0.5, 0.6) is 0 Å². The summed E-state index contributed by atoms with van der Waals surface area (Å²) in [5, 5.41) is 10.8. The topological polar surface area (TPSA) is 53.1 Å². The van der Waals surface area contributed by atoms with Crippen molar-refractivity contribution < 1.29 is 5.11 Å². The van der Waals surface area contributed by atoms with Crippen LogP contribution in [0.25, 0.3) is 22.0 Å². The minimum absolute atomic E-state index is 0.0744. The fourth-order valence-electron chi connectivity index (χ4n) is 2.59.